The van der Waals surface area contributed by atoms with Crippen LogP contribution in [0.5, 0.6) is 0 Å². The van der Waals surface area contributed by atoms with Crippen molar-refractivity contribution in [1.29, 1.82) is 0 Å². The van der Waals surface area contributed by atoms with Crippen LogP contribution < -0.4 is 0 Å². The standard InChI is InChI=1S/C16H18O3S/c17-15(13-14-7-3-1-4-8-14)11-12-20(18,19)16-9-5-2-6-10-16/h1-10,15,17H,11-13H2. The maximum Gasteiger partial charge on any atom is 0.178 e. The highest BCUT2D eigenvalue weighted by Gasteiger charge is 2.16. The van der Waals surface area contributed by atoms with Gasteiger partial charge in [0.25, 0.3) is 0 Å². The Bertz CT molecular complexity index is 621. The van der Waals surface area contributed by atoms with E-state index in [0.717, 1.165) is 5.56 Å². The lowest BCUT2D eigenvalue weighted by Gasteiger charge is -2.11. The zero-order chi connectivity index (χ0) is 14.4. The lowest BCUT2D eigenvalue weighted by atomic mass is 10.1. The highest BCUT2D eigenvalue weighted by molar-refractivity contribution is 7.91. The van der Waals surface area contributed by atoms with E-state index >= 15 is 0 Å². The summed E-state index contributed by atoms with van der Waals surface area (Å²) in [6, 6.07) is 17.9. The van der Waals surface area contributed by atoms with Crippen LogP contribution in [0.2, 0.25) is 0 Å². The average molecular weight is 290 g/mol. The summed E-state index contributed by atoms with van der Waals surface area (Å²) < 4.78 is 24.2. The lowest BCUT2D eigenvalue weighted by molar-refractivity contribution is 0.171. The SMILES string of the molecule is O=S(=O)(CCC(O)Cc1ccccc1)c1ccccc1. The van der Waals surface area contributed by atoms with E-state index in [1.54, 1.807) is 30.3 Å². The van der Waals surface area contributed by atoms with Crippen LogP contribution in [0.25, 0.3) is 0 Å². The highest BCUT2D eigenvalue weighted by Crippen LogP contribution is 2.13. The van der Waals surface area contributed by atoms with Crippen molar-refractivity contribution < 1.29 is 13.5 Å². The number of rotatable bonds is 6. The van der Waals surface area contributed by atoms with Crippen molar-refractivity contribution in [1.82, 2.24) is 0 Å². The summed E-state index contributed by atoms with van der Waals surface area (Å²) in [6.45, 7) is 0. The minimum atomic E-state index is -3.31. The first-order valence-electron chi connectivity index (χ1n) is 6.58. The van der Waals surface area contributed by atoms with Crippen molar-refractivity contribution >= 4 is 9.84 Å². The largest absolute Gasteiger partial charge is 0.393 e. The Kier molecular flexibility index (Phi) is 4.93. The zero-order valence-electron chi connectivity index (χ0n) is 11.1. The molecule has 0 aliphatic heterocycles. The van der Waals surface area contributed by atoms with Gasteiger partial charge in [0.2, 0.25) is 0 Å². The van der Waals surface area contributed by atoms with E-state index in [9.17, 15) is 13.5 Å². The molecular formula is C16H18O3S. The predicted molar refractivity (Wildman–Crippen MR) is 79.3 cm³/mol. The highest BCUT2D eigenvalue weighted by atomic mass is 32.2. The zero-order valence-corrected chi connectivity index (χ0v) is 12.0. The molecule has 2 rings (SSSR count). The minimum Gasteiger partial charge on any atom is -0.393 e. The molecule has 1 atom stereocenters. The molecule has 2 aromatic carbocycles. The number of sulfone groups is 1. The van der Waals surface area contributed by atoms with Gasteiger partial charge in [-0.05, 0) is 30.5 Å². The second-order valence-electron chi connectivity index (χ2n) is 4.76. The fraction of sp³-hybridized carbons (Fsp3) is 0.250. The molecule has 0 bridgehead atoms. The minimum absolute atomic E-state index is 0.0367. The Labute approximate surface area is 119 Å². The van der Waals surface area contributed by atoms with Gasteiger partial charge in [-0.25, -0.2) is 8.42 Å². The van der Waals surface area contributed by atoms with Crippen LogP contribution in [0.15, 0.2) is 65.6 Å². The van der Waals surface area contributed by atoms with Crippen LogP contribution in [0.1, 0.15) is 12.0 Å². The molecule has 20 heavy (non-hydrogen) atoms. The van der Waals surface area contributed by atoms with Gasteiger partial charge in [0.1, 0.15) is 0 Å². The van der Waals surface area contributed by atoms with E-state index in [4.69, 9.17) is 0 Å². The third-order valence-electron chi connectivity index (χ3n) is 3.14. The Hall–Kier alpha value is -1.65. The third-order valence-corrected chi connectivity index (χ3v) is 4.90. The molecule has 0 aliphatic rings. The Morgan fingerprint density at radius 1 is 0.900 bits per heavy atom. The van der Waals surface area contributed by atoms with Crippen LogP contribution in [0.3, 0.4) is 0 Å². The lowest BCUT2D eigenvalue weighted by Crippen LogP contribution is -2.17. The molecule has 0 saturated heterocycles. The molecule has 0 fully saturated rings. The van der Waals surface area contributed by atoms with Gasteiger partial charge in [-0.2, -0.15) is 0 Å². The normalized spacial score (nSPS) is 13.1. The van der Waals surface area contributed by atoms with E-state index in [0.29, 0.717) is 11.3 Å². The summed E-state index contributed by atoms with van der Waals surface area (Å²) in [5, 5.41) is 9.95. The van der Waals surface area contributed by atoms with Gasteiger partial charge in [0, 0.05) is 0 Å². The van der Waals surface area contributed by atoms with E-state index in [1.165, 1.54) is 0 Å². The molecule has 1 N–H and O–H groups in total. The van der Waals surface area contributed by atoms with Gasteiger partial charge in [0.05, 0.1) is 16.8 Å². The van der Waals surface area contributed by atoms with E-state index < -0.39 is 15.9 Å². The van der Waals surface area contributed by atoms with Crippen molar-refractivity contribution in [2.45, 2.75) is 23.8 Å². The van der Waals surface area contributed by atoms with E-state index in [2.05, 4.69) is 0 Å². The summed E-state index contributed by atoms with van der Waals surface area (Å²) in [5.41, 5.74) is 1.01. The van der Waals surface area contributed by atoms with Crippen molar-refractivity contribution in [3.8, 4) is 0 Å². The fourth-order valence-electron chi connectivity index (χ4n) is 2.03. The molecule has 0 spiro atoms. The first kappa shape index (κ1) is 14.8. The summed E-state index contributed by atoms with van der Waals surface area (Å²) in [5.74, 6) is -0.0367. The molecule has 1 unspecified atom stereocenters. The molecule has 0 radical (unpaired) electrons. The average Bonchev–Trinajstić information content (AvgIpc) is 2.47. The maximum atomic E-state index is 12.1. The number of benzene rings is 2. The van der Waals surface area contributed by atoms with Crippen molar-refractivity contribution in [3.63, 3.8) is 0 Å². The third kappa shape index (κ3) is 4.18. The quantitative estimate of drug-likeness (QED) is 0.889. The Morgan fingerprint density at radius 2 is 1.45 bits per heavy atom. The summed E-state index contributed by atoms with van der Waals surface area (Å²) in [4.78, 5) is 0.312. The number of aliphatic hydroxyl groups excluding tert-OH is 1. The molecular weight excluding hydrogens is 272 g/mol. The van der Waals surface area contributed by atoms with E-state index in [1.807, 2.05) is 30.3 Å². The molecule has 106 valence electrons. The number of hydrogen-bond acceptors (Lipinski definition) is 3. The van der Waals surface area contributed by atoms with Gasteiger partial charge < -0.3 is 5.11 Å². The fourth-order valence-corrected chi connectivity index (χ4v) is 3.41. The van der Waals surface area contributed by atoms with Crippen molar-refractivity contribution in [2.24, 2.45) is 0 Å². The van der Waals surface area contributed by atoms with Gasteiger partial charge in [-0.1, -0.05) is 48.5 Å². The Balaban J connectivity index is 1.92. The summed E-state index contributed by atoms with van der Waals surface area (Å²) >= 11 is 0. The number of hydrogen-bond donors (Lipinski definition) is 1. The summed E-state index contributed by atoms with van der Waals surface area (Å²) in [7, 11) is -3.31. The molecule has 3 nitrogen and oxygen atoms in total. The smallest absolute Gasteiger partial charge is 0.178 e. The second-order valence-corrected chi connectivity index (χ2v) is 6.87. The van der Waals surface area contributed by atoms with Crippen molar-refractivity contribution in [3.05, 3.63) is 66.2 Å². The van der Waals surface area contributed by atoms with Crippen LogP contribution >= 0.6 is 0 Å². The van der Waals surface area contributed by atoms with Crippen LogP contribution in [-0.4, -0.2) is 25.4 Å². The molecule has 0 aromatic heterocycles. The van der Waals surface area contributed by atoms with Crippen LogP contribution in [-0.2, 0) is 16.3 Å². The van der Waals surface area contributed by atoms with Gasteiger partial charge >= 0.3 is 0 Å². The topological polar surface area (TPSA) is 54.4 Å². The molecule has 0 amide bonds. The second kappa shape index (κ2) is 6.68. The monoisotopic (exact) mass is 290 g/mol. The molecule has 2 aromatic rings. The van der Waals surface area contributed by atoms with Gasteiger partial charge in [-0.15, -0.1) is 0 Å². The van der Waals surface area contributed by atoms with Gasteiger partial charge in [0.15, 0.2) is 9.84 Å². The van der Waals surface area contributed by atoms with Crippen molar-refractivity contribution in [2.75, 3.05) is 5.75 Å². The van der Waals surface area contributed by atoms with Crippen LogP contribution in [0, 0.1) is 0 Å². The number of aliphatic hydroxyl groups is 1. The summed E-state index contributed by atoms with van der Waals surface area (Å²) in [6.07, 6.45) is 0.0768. The molecule has 4 heteroatoms. The molecule has 0 heterocycles. The first-order valence-corrected chi connectivity index (χ1v) is 8.23. The molecule has 0 saturated carbocycles. The maximum absolute atomic E-state index is 12.1. The first-order chi connectivity index (χ1) is 9.58. The molecule has 0 aliphatic carbocycles. The van der Waals surface area contributed by atoms with Gasteiger partial charge in [-0.3, -0.25) is 0 Å². The predicted octanol–water partition coefficient (Wildman–Crippen LogP) is 2.45. The van der Waals surface area contributed by atoms with E-state index in [-0.39, 0.29) is 12.2 Å². The van der Waals surface area contributed by atoms with Crippen LogP contribution in [0.4, 0.5) is 0 Å². The Morgan fingerprint density at radius 3 is 2.05 bits per heavy atom.